The summed E-state index contributed by atoms with van der Waals surface area (Å²) < 4.78 is 27.4. The molecule has 1 aliphatic heterocycles. The van der Waals surface area contributed by atoms with E-state index in [1.165, 1.54) is 13.1 Å². The summed E-state index contributed by atoms with van der Waals surface area (Å²) in [5.74, 6) is -0.176. The van der Waals surface area contributed by atoms with Gasteiger partial charge in [0.05, 0.1) is 11.4 Å². The number of aryl methyl sites for hydroxylation is 2. The van der Waals surface area contributed by atoms with Gasteiger partial charge in [-0.25, -0.2) is 8.42 Å². The molecule has 0 spiro atoms. The number of hydrogen-bond donors (Lipinski definition) is 1. The van der Waals surface area contributed by atoms with Gasteiger partial charge >= 0.3 is 0 Å². The molecule has 0 radical (unpaired) electrons. The van der Waals surface area contributed by atoms with Crippen LogP contribution in [-0.4, -0.2) is 44.2 Å². The van der Waals surface area contributed by atoms with E-state index >= 15 is 0 Å². The van der Waals surface area contributed by atoms with E-state index in [2.05, 4.69) is 5.32 Å². The maximum Gasteiger partial charge on any atom is 0.243 e. The van der Waals surface area contributed by atoms with Crippen LogP contribution in [0.3, 0.4) is 0 Å². The van der Waals surface area contributed by atoms with Crippen molar-refractivity contribution < 1.29 is 18.0 Å². The molecule has 33 heavy (non-hydrogen) atoms. The van der Waals surface area contributed by atoms with Gasteiger partial charge in [0.15, 0.2) is 0 Å². The Labute approximate surface area is 195 Å². The number of amides is 2. The Morgan fingerprint density at radius 3 is 2.36 bits per heavy atom. The van der Waals surface area contributed by atoms with E-state index in [9.17, 15) is 18.0 Å². The molecule has 1 atom stereocenters. The van der Waals surface area contributed by atoms with Crippen molar-refractivity contribution in [2.24, 2.45) is 5.92 Å². The van der Waals surface area contributed by atoms with Gasteiger partial charge in [-0.05, 0) is 87.1 Å². The van der Waals surface area contributed by atoms with Gasteiger partial charge in [-0.3, -0.25) is 9.59 Å². The first-order valence-electron chi connectivity index (χ1n) is 11.4. The second-order valence-corrected chi connectivity index (χ2v) is 11.4. The number of fused-ring (bicyclic) bond motifs is 1. The lowest BCUT2D eigenvalue weighted by atomic mass is 9.84. The number of carbonyl (C=O) groups excluding carboxylic acids is 2. The molecule has 2 aromatic rings. The van der Waals surface area contributed by atoms with E-state index < -0.39 is 15.9 Å². The van der Waals surface area contributed by atoms with Crippen molar-refractivity contribution in [2.45, 2.75) is 57.4 Å². The van der Waals surface area contributed by atoms with Gasteiger partial charge in [-0.2, -0.15) is 4.31 Å². The largest absolute Gasteiger partial charge is 0.325 e. The van der Waals surface area contributed by atoms with Crippen LogP contribution in [0.2, 0.25) is 0 Å². The zero-order chi connectivity index (χ0) is 23.9. The minimum atomic E-state index is -3.86. The molecule has 2 aliphatic rings. The Morgan fingerprint density at radius 1 is 1.09 bits per heavy atom. The summed E-state index contributed by atoms with van der Waals surface area (Å²) >= 11 is 0. The van der Waals surface area contributed by atoms with Gasteiger partial charge in [0.2, 0.25) is 21.8 Å². The SMILES string of the molecule is Cc1cc(C)cc(NC(=O)CN(C)S(=O)(=O)c2ccc3c(c2)C[C@@H](C)N3C(=O)C2CCC2)c1. The van der Waals surface area contributed by atoms with Crippen LogP contribution in [0.5, 0.6) is 0 Å². The lowest BCUT2D eigenvalue weighted by Crippen LogP contribution is -2.42. The molecule has 176 valence electrons. The van der Waals surface area contributed by atoms with Crippen molar-refractivity contribution in [2.75, 3.05) is 23.8 Å². The van der Waals surface area contributed by atoms with E-state index in [4.69, 9.17) is 0 Å². The fourth-order valence-electron chi connectivity index (χ4n) is 4.67. The van der Waals surface area contributed by atoms with E-state index in [0.29, 0.717) is 12.1 Å². The lowest BCUT2D eigenvalue weighted by Gasteiger charge is -2.32. The molecule has 7 nitrogen and oxygen atoms in total. The number of nitrogens with one attached hydrogen (secondary N) is 1. The number of anilines is 2. The number of carbonyl (C=O) groups is 2. The molecular formula is C25H31N3O4S. The summed E-state index contributed by atoms with van der Waals surface area (Å²) in [6, 6.07) is 10.6. The van der Waals surface area contributed by atoms with Crippen LogP contribution < -0.4 is 10.2 Å². The van der Waals surface area contributed by atoms with Crippen molar-refractivity contribution >= 4 is 33.2 Å². The molecule has 1 N–H and O–H groups in total. The summed E-state index contributed by atoms with van der Waals surface area (Å²) in [5.41, 5.74) is 4.33. The number of hydrogen-bond acceptors (Lipinski definition) is 4. The number of likely N-dealkylation sites (N-methyl/N-ethyl adjacent to an activating group) is 1. The highest BCUT2D eigenvalue weighted by atomic mass is 32.2. The van der Waals surface area contributed by atoms with E-state index in [-0.39, 0.29) is 29.3 Å². The molecule has 1 heterocycles. The van der Waals surface area contributed by atoms with Crippen LogP contribution in [0, 0.1) is 19.8 Å². The first-order valence-corrected chi connectivity index (χ1v) is 12.8. The van der Waals surface area contributed by atoms with E-state index in [1.807, 2.05) is 43.9 Å². The Balaban J connectivity index is 1.48. The molecule has 8 heteroatoms. The third-order valence-electron chi connectivity index (χ3n) is 6.54. The van der Waals surface area contributed by atoms with Crippen LogP contribution in [0.4, 0.5) is 11.4 Å². The highest BCUT2D eigenvalue weighted by Crippen LogP contribution is 2.38. The van der Waals surface area contributed by atoms with Crippen LogP contribution >= 0.6 is 0 Å². The maximum absolute atomic E-state index is 13.2. The molecule has 1 fully saturated rings. The Morgan fingerprint density at radius 2 is 1.76 bits per heavy atom. The number of sulfonamides is 1. The van der Waals surface area contributed by atoms with Crippen molar-refractivity contribution in [3.63, 3.8) is 0 Å². The molecule has 2 amide bonds. The van der Waals surface area contributed by atoms with Crippen molar-refractivity contribution in [1.82, 2.24) is 4.31 Å². The third kappa shape index (κ3) is 4.68. The first-order chi connectivity index (χ1) is 15.6. The number of benzene rings is 2. The zero-order valence-corrected chi connectivity index (χ0v) is 20.4. The highest BCUT2D eigenvalue weighted by Gasteiger charge is 2.37. The third-order valence-corrected chi connectivity index (χ3v) is 8.34. The second-order valence-electron chi connectivity index (χ2n) is 9.37. The monoisotopic (exact) mass is 469 g/mol. The summed E-state index contributed by atoms with van der Waals surface area (Å²) in [7, 11) is -2.46. The normalized spacial score (nSPS) is 18.2. The molecule has 1 aliphatic carbocycles. The van der Waals surface area contributed by atoms with E-state index in [0.717, 1.165) is 45.9 Å². The average Bonchev–Trinajstić information content (AvgIpc) is 3.00. The smallest absolute Gasteiger partial charge is 0.243 e. The predicted molar refractivity (Wildman–Crippen MR) is 129 cm³/mol. The van der Waals surface area contributed by atoms with Gasteiger partial charge < -0.3 is 10.2 Å². The molecule has 0 unspecified atom stereocenters. The van der Waals surface area contributed by atoms with Gasteiger partial charge in [-0.1, -0.05) is 12.5 Å². The van der Waals surface area contributed by atoms with Gasteiger partial charge in [0.1, 0.15) is 0 Å². The van der Waals surface area contributed by atoms with E-state index in [1.54, 1.807) is 12.1 Å². The molecule has 2 aromatic carbocycles. The molecular weight excluding hydrogens is 438 g/mol. The average molecular weight is 470 g/mol. The maximum atomic E-state index is 13.2. The fraction of sp³-hybridized carbons (Fsp3) is 0.440. The van der Waals surface area contributed by atoms with Crippen molar-refractivity contribution in [3.8, 4) is 0 Å². The summed E-state index contributed by atoms with van der Waals surface area (Å²) in [6.07, 6.45) is 3.57. The minimum absolute atomic E-state index is 0.00680. The molecule has 0 aromatic heterocycles. The molecule has 0 saturated heterocycles. The van der Waals surface area contributed by atoms with Crippen molar-refractivity contribution in [1.29, 1.82) is 0 Å². The van der Waals surface area contributed by atoms with Crippen molar-refractivity contribution in [3.05, 3.63) is 53.1 Å². The zero-order valence-electron chi connectivity index (χ0n) is 19.6. The molecule has 0 bridgehead atoms. The lowest BCUT2D eigenvalue weighted by molar-refractivity contribution is -0.125. The van der Waals surface area contributed by atoms with Crippen LogP contribution in [0.15, 0.2) is 41.3 Å². The van der Waals surface area contributed by atoms with Crippen LogP contribution in [-0.2, 0) is 26.0 Å². The summed E-state index contributed by atoms with van der Waals surface area (Å²) in [4.78, 5) is 27.3. The van der Waals surface area contributed by atoms with Gasteiger partial charge in [0, 0.05) is 30.4 Å². The first kappa shape index (κ1) is 23.4. The quantitative estimate of drug-likeness (QED) is 0.700. The Hall–Kier alpha value is -2.71. The Bertz CT molecular complexity index is 1180. The summed E-state index contributed by atoms with van der Waals surface area (Å²) in [6.45, 7) is 5.58. The van der Waals surface area contributed by atoms with Crippen LogP contribution in [0.1, 0.15) is 42.9 Å². The predicted octanol–water partition coefficient (Wildman–Crippen LogP) is 3.64. The topological polar surface area (TPSA) is 86.8 Å². The second kappa shape index (κ2) is 8.91. The highest BCUT2D eigenvalue weighted by molar-refractivity contribution is 7.89. The molecule has 1 saturated carbocycles. The van der Waals surface area contributed by atoms with Gasteiger partial charge in [-0.15, -0.1) is 0 Å². The standard InChI is InChI=1S/C25H31N3O4S/c1-16-10-17(2)12-21(11-16)26-24(29)15-27(4)33(31,32)22-8-9-23-20(14-22)13-18(3)28(23)25(30)19-6-5-7-19/h8-12,14,18-19H,5-7,13,15H2,1-4H3,(H,26,29)/t18-/m1/s1. The minimum Gasteiger partial charge on any atom is -0.325 e. The number of nitrogens with zero attached hydrogens (tertiary/aromatic N) is 2. The van der Waals surface area contributed by atoms with Gasteiger partial charge in [0.25, 0.3) is 0 Å². The molecule has 4 rings (SSSR count). The summed E-state index contributed by atoms with van der Waals surface area (Å²) in [5, 5.41) is 2.78. The Kier molecular flexibility index (Phi) is 6.33. The van der Waals surface area contributed by atoms with Crippen LogP contribution in [0.25, 0.3) is 0 Å². The fourth-order valence-corrected chi connectivity index (χ4v) is 5.85. The number of rotatable bonds is 6.